The van der Waals surface area contributed by atoms with Crippen LogP contribution in [0.2, 0.25) is 0 Å². The Kier molecular flexibility index (Phi) is 8.84. The van der Waals surface area contributed by atoms with Crippen LogP contribution < -0.4 is 4.90 Å². The van der Waals surface area contributed by atoms with Crippen LogP contribution in [-0.4, -0.2) is 0 Å². The number of nitrogens with zero attached hydrogens (tertiary/aromatic N) is 1. The highest BCUT2D eigenvalue weighted by molar-refractivity contribution is 6.13. The lowest BCUT2D eigenvalue weighted by Gasteiger charge is -2.32. The third-order valence-electron chi connectivity index (χ3n) is 14.7. The molecule has 1 atom stereocenters. The smallest absolute Gasteiger partial charge is 0.143 e. The van der Waals surface area contributed by atoms with Crippen molar-refractivity contribution in [1.82, 2.24) is 0 Å². The van der Waals surface area contributed by atoms with Gasteiger partial charge in [0.1, 0.15) is 11.2 Å². The molecule has 69 heavy (non-hydrogen) atoms. The monoisotopic (exact) mass is 877 g/mol. The molecule has 0 saturated heterocycles. The second-order valence-electron chi connectivity index (χ2n) is 18.3. The Bertz CT molecular complexity index is 3910. The van der Waals surface area contributed by atoms with Crippen molar-refractivity contribution in [3.05, 3.63) is 283 Å². The fourth-order valence-corrected chi connectivity index (χ4v) is 11.7. The zero-order valence-electron chi connectivity index (χ0n) is 37.7. The highest BCUT2D eigenvalue weighted by atomic mass is 16.3. The van der Waals surface area contributed by atoms with E-state index in [4.69, 9.17) is 4.42 Å². The largest absolute Gasteiger partial charge is 0.455 e. The fourth-order valence-electron chi connectivity index (χ4n) is 11.7. The van der Waals surface area contributed by atoms with Gasteiger partial charge < -0.3 is 9.32 Å². The maximum absolute atomic E-state index is 6.83. The molecule has 12 aromatic rings. The highest BCUT2D eigenvalue weighted by Crippen LogP contribution is 2.65. The van der Waals surface area contributed by atoms with E-state index >= 15 is 0 Å². The van der Waals surface area contributed by atoms with Crippen LogP contribution in [0.1, 0.15) is 22.3 Å². The first-order valence-electron chi connectivity index (χ1n) is 23.8. The molecule has 1 heterocycles. The van der Waals surface area contributed by atoms with Gasteiger partial charge in [-0.1, -0.05) is 218 Å². The van der Waals surface area contributed by atoms with Crippen molar-refractivity contribution >= 4 is 39.0 Å². The maximum Gasteiger partial charge on any atom is 0.143 e. The van der Waals surface area contributed by atoms with Crippen LogP contribution in [0.15, 0.2) is 265 Å². The van der Waals surface area contributed by atoms with E-state index in [0.29, 0.717) is 0 Å². The summed E-state index contributed by atoms with van der Waals surface area (Å²) in [7, 11) is 0. The summed E-state index contributed by atoms with van der Waals surface area (Å²) >= 11 is 0. The minimum Gasteiger partial charge on any atom is -0.455 e. The maximum atomic E-state index is 6.83. The number of rotatable bonds is 7. The van der Waals surface area contributed by atoms with E-state index < -0.39 is 5.41 Å². The molecule has 0 fully saturated rings. The summed E-state index contributed by atoms with van der Waals surface area (Å²) in [5, 5.41) is 2.30. The lowest BCUT2D eigenvalue weighted by Crippen LogP contribution is -2.26. The summed E-state index contributed by atoms with van der Waals surface area (Å²) in [6, 6.07) is 95.2. The second kappa shape index (κ2) is 15.6. The molecule has 1 spiro atoms. The van der Waals surface area contributed by atoms with Crippen molar-refractivity contribution in [2.24, 2.45) is 0 Å². The second-order valence-corrected chi connectivity index (χ2v) is 18.3. The van der Waals surface area contributed by atoms with Crippen LogP contribution in [0.4, 0.5) is 17.1 Å². The Morgan fingerprint density at radius 3 is 1.30 bits per heavy atom. The molecule has 2 nitrogen and oxygen atoms in total. The molecule has 0 N–H and O–H groups in total. The molecule has 0 bridgehead atoms. The minimum absolute atomic E-state index is 0.545. The Hall–Kier alpha value is -8.98. The van der Waals surface area contributed by atoms with Gasteiger partial charge in [0.15, 0.2) is 0 Å². The number of anilines is 3. The average molecular weight is 878 g/mol. The van der Waals surface area contributed by atoms with Gasteiger partial charge in [-0.25, -0.2) is 0 Å². The first kappa shape index (κ1) is 39.2. The van der Waals surface area contributed by atoms with Gasteiger partial charge in [-0.05, 0) is 126 Å². The quantitative estimate of drug-likeness (QED) is 0.159. The number of para-hydroxylation sites is 1. The third-order valence-corrected chi connectivity index (χ3v) is 14.7. The normalized spacial score (nSPS) is 14.1. The summed E-state index contributed by atoms with van der Waals surface area (Å²) < 4.78 is 6.83. The van der Waals surface area contributed by atoms with Crippen LogP contribution in [0.3, 0.4) is 0 Å². The van der Waals surface area contributed by atoms with Gasteiger partial charge in [-0.15, -0.1) is 0 Å². The summed E-state index contributed by atoms with van der Waals surface area (Å²) in [5.41, 5.74) is 24.3. The van der Waals surface area contributed by atoms with Crippen LogP contribution in [-0.2, 0) is 5.41 Å². The molecule has 11 aromatic carbocycles. The number of benzene rings is 11. The molecule has 14 rings (SSSR count). The average Bonchev–Trinajstić information content (AvgIpc) is 4.06. The zero-order chi connectivity index (χ0) is 45.5. The van der Waals surface area contributed by atoms with Gasteiger partial charge in [-0.2, -0.15) is 0 Å². The van der Waals surface area contributed by atoms with Gasteiger partial charge in [0.25, 0.3) is 0 Å². The van der Waals surface area contributed by atoms with Crippen molar-refractivity contribution in [2.45, 2.75) is 5.41 Å². The van der Waals surface area contributed by atoms with Crippen molar-refractivity contribution < 1.29 is 4.42 Å². The molecule has 0 amide bonds. The van der Waals surface area contributed by atoms with E-state index in [1.807, 2.05) is 0 Å². The lowest BCUT2D eigenvalue weighted by molar-refractivity contribution is 0.669. The number of hydrogen-bond acceptors (Lipinski definition) is 2. The molecule has 2 heteroatoms. The minimum atomic E-state index is -0.545. The predicted octanol–water partition coefficient (Wildman–Crippen LogP) is 18.1. The van der Waals surface area contributed by atoms with Crippen molar-refractivity contribution in [1.29, 1.82) is 0 Å². The standard InChI is InChI=1S/C67H43NO/c1-3-14-44(15-4-1)46-26-28-47(29-27-46)49-32-38-52(39-33-49)68(51-36-30-48(31-37-51)45-16-5-2-6-17-45)53-40-34-50(35-41-53)54-21-13-22-57-55-18-7-10-23-60(55)67(65(54)57)61-24-11-8-20-59(61)64-62(67)43-42-58-56-19-9-12-25-63(56)69-66(58)64/h1-43H. The summed E-state index contributed by atoms with van der Waals surface area (Å²) in [6.45, 7) is 0. The predicted molar refractivity (Wildman–Crippen MR) is 286 cm³/mol. The fraction of sp³-hybridized carbons (Fsp3) is 0.0149. The number of fused-ring (bicyclic) bond motifs is 14. The van der Waals surface area contributed by atoms with E-state index in [1.54, 1.807) is 0 Å². The summed E-state index contributed by atoms with van der Waals surface area (Å²) in [4.78, 5) is 2.37. The topological polar surface area (TPSA) is 16.4 Å². The Balaban J connectivity index is 0.897. The molecular formula is C67H43NO. The van der Waals surface area contributed by atoms with Crippen LogP contribution >= 0.6 is 0 Å². The van der Waals surface area contributed by atoms with Gasteiger partial charge >= 0.3 is 0 Å². The highest BCUT2D eigenvalue weighted by Gasteiger charge is 2.53. The van der Waals surface area contributed by atoms with Gasteiger partial charge in [0, 0.05) is 33.4 Å². The molecule has 322 valence electrons. The first-order chi connectivity index (χ1) is 34.2. The summed E-state index contributed by atoms with van der Waals surface area (Å²) in [6.07, 6.45) is 0. The molecule has 2 aliphatic carbocycles. The number of hydrogen-bond donors (Lipinski definition) is 0. The van der Waals surface area contributed by atoms with Crippen molar-refractivity contribution in [2.75, 3.05) is 4.90 Å². The zero-order valence-corrected chi connectivity index (χ0v) is 37.7. The summed E-state index contributed by atoms with van der Waals surface area (Å²) in [5.74, 6) is 0. The molecule has 0 radical (unpaired) electrons. The van der Waals surface area contributed by atoms with Crippen molar-refractivity contribution in [3.63, 3.8) is 0 Å². The van der Waals surface area contributed by atoms with E-state index in [2.05, 4.69) is 266 Å². The lowest BCUT2D eigenvalue weighted by atomic mass is 9.68. The third kappa shape index (κ3) is 5.99. The Labute approximate surface area is 401 Å². The molecule has 2 aliphatic rings. The Morgan fingerprint density at radius 2 is 0.710 bits per heavy atom. The molecule has 0 aliphatic heterocycles. The van der Waals surface area contributed by atoms with Gasteiger partial charge in [0.05, 0.1) is 5.41 Å². The Morgan fingerprint density at radius 1 is 0.275 bits per heavy atom. The van der Waals surface area contributed by atoms with Crippen LogP contribution in [0, 0.1) is 0 Å². The van der Waals surface area contributed by atoms with Crippen LogP contribution in [0.25, 0.3) is 88.7 Å². The molecule has 1 aromatic heterocycles. The van der Waals surface area contributed by atoms with E-state index in [1.165, 1.54) is 89.0 Å². The SMILES string of the molecule is c1ccc(-c2ccc(-c3ccc(N(c4ccc(-c5ccccc5)cc4)c4ccc(-c5cccc6c5C5(c7ccccc7-6)c6ccccc6-c6c5ccc5c6oc6ccccc65)cc4)cc3)cc2)cc1. The number of furan rings is 1. The van der Waals surface area contributed by atoms with E-state index in [-0.39, 0.29) is 0 Å². The first-order valence-corrected chi connectivity index (χ1v) is 23.8. The van der Waals surface area contributed by atoms with Crippen molar-refractivity contribution in [3.8, 4) is 66.8 Å². The van der Waals surface area contributed by atoms with Gasteiger partial charge in [-0.3, -0.25) is 0 Å². The molecular weight excluding hydrogens is 835 g/mol. The van der Waals surface area contributed by atoms with E-state index in [0.717, 1.165) is 39.0 Å². The van der Waals surface area contributed by atoms with Gasteiger partial charge in [0.2, 0.25) is 0 Å². The van der Waals surface area contributed by atoms with E-state index in [9.17, 15) is 0 Å². The molecule has 1 unspecified atom stereocenters. The van der Waals surface area contributed by atoms with Crippen LogP contribution in [0.5, 0.6) is 0 Å². The molecule has 0 saturated carbocycles.